The van der Waals surface area contributed by atoms with Gasteiger partial charge in [-0.3, -0.25) is 0 Å². The average Bonchev–Trinajstić information content (AvgIpc) is 3.24. The molecule has 4 rings (SSSR count). The van der Waals surface area contributed by atoms with Gasteiger partial charge in [-0.2, -0.15) is 0 Å². The lowest BCUT2D eigenvalue weighted by molar-refractivity contribution is 0.704. The highest BCUT2D eigenvalue weighted by Gasteiger charge is 2.10. The van der Waals surface area contributed by atoms with Crippen molar-refractivity contribution >= 4 is 54.8 Å². The third-order valence-corrected chi connectivity index (χ3v) is 6.28. The Balaban J connectivity index is 0.000000258. The van der Waals surface area contributed by atoms with E-state index >= 15 is 0 Å². The standard InChI is InChI=1S/C14H10BrClN2S.C5H11N/c15-10-8-19-14-11(6-12(16)18-13(10)14)17-7-9-4-2-1-3-5-9;6-5-3-1-2-4-5/h1-6,8H,7H2,(H,17,18);5H,1-4,6H2. The largest absolute Gasteiger partial charge is 0.380 e. The first-order valence-corrected chi connectivity index (χ1v) is 10.4. The van der Waals surface area contributed by atoms with Gasteiger partial charge in [0, 0.05) is 24.0 Å². The highest BCUT2D eigenvalue weighted by atomic mass is 79.9. The molecule has 0 amide bonds. The van der Waals surface area contributed by atoms with Crippen molar-refractivity contribution in [2.24, 2.45) is 5.73 Å². The third-order valence-electron chi connectivity index (χ3n) is 4.17. The van der Waals surface area contributed by atoms with Crippen LogP contribution in [0.5, 0.6) is 0 Å². The van der Waals surface area contributed by atoms with Gasteiger partial charge in [-0.25, -0.2) is 4.98 Å². The van der Waals surface area contributed by atoms with Crippen molar-refractivity contribution < 1.29 is 0 Å². The molecule has 0 saturated heterocycles. The first-order valence-electron chi connectivity index (χ1n) is 8.40. The summed E-state index contributed by atoms with van der Waals surface area (Å²) < 4.78 is 2.10. The highest BCUT2D eigenvalue weighted by Crippen LogP contribution is 2.35. The molecule has 1 aliphatic carbocycles. The molecule has 3 N–H and O–H groups in total. The third kappa shape index (κ3) is 5.17. The van der Waals surface area contributed by atoms with E-state index in [4.69, 9.17) is 17.3 Å². The minimum absolute atomic E-state index is 0.502. The second-order valence-electron chi connectivity index (χ2n) is 6.14. The van der Waals surface area contributed by atoms with Crippen LogP contribution in [0.1, 0.15) is 31.2 Å². The summed E-state index contributed by atoms with van der Waals surface area (Å²) in [6.45, 7) is 0.770. The molecule has 3 aromatic rings. The van der Waals surface area contributed by atoms with E-state index in [1.54, 1.807) is 11.3 Å². The first kappa shape index (κ1) is 18.6. The number of fused-ring (bicyclic) bond motifs is 1. The van der Waals surface area contributed by atoms with E-state index in [1.807, 2.05) is 29.6 Å². The molecule has 0 radical (unpaired) electrons. The number of hydrogen-bond donors (Lipinski definition) is 2. The predicted octanol–water partition coefficient (Wildman–Crippen LogP) is 6.21. The molecule has 132 valence electrons. The minimum atomic E-state index is 0.502. The van der Waals surface area contributed by atoms with E-state index in [2.05, 4.69) is 38.4 Å². The van der Waals surface area contributed by atoms with Crippen LogP contribution in [0, 0.1) is 0 Å². The zero-order valence-electron chi connectivity index (χ0n) is 13.8. The zero-order chi connectivity index (χ0) is 17.6. The number of rotatable bonds is 3. The Hall–Kier alpha value is -1.14. The Morgan fingerprint density at radius 1 is 1.24 bits per heavy atom. The lowest BCUT2D eigenvalue weighted by atomic mass is 10.2. The van der Waals surface area contributed by atoms with Gasteiger partial charge in [0.05, 0.1) is 20.4 Å². The SMILES string of the molecule is Clc1cc(NCc2ccccc2)c2scc(Br)c2n1.NC1CCCC1. The Kier molecular flexibility index (Phi) is 6.70. The minimum Gasteiger partial charge on any atom is -0.380 e. The summed E-state index contributed by atoms with van der Waals surface area (Å²) in [5, 5.41) is 5.95. The van der Waals surface area contributed by atoms with Crippen LogP contribution in [0.4, 0.5) is 5.69 Å². The zero-order valence-corrected chi connectivity index (χ0v) is 17.0. The molecule has 0 bridgehead atoms. The molecule has 6 heteroatoms. The molecular formula is C19H21BrClN3S. The Morgan fingerprint density at radius 2 is 1.96 bits per heavy atom. The Labute approximate surface area is 165 Å². The summed E-state index contributed by atoms with van der Waals surface area (Å²) in [7, 11) is 0. The molecule has 3 nitrogen and oxygen atoms in total. The number of nitrogens with zero attached hydrogens (tertiary/aromatic N) is 1. The second-order valence-corrected chi connectivity index (χ2v) is 8.26. The topological polar surface area (TPSA) is 50.9 Å². The number of anilines is 1. The first-order chi connectivity index (χ1) is 12.1. The fourth-order valence-corrected chi connectivity index (χ4v) is 4.58. The fraction of sp³-hybridized carbons (Fsp3) is 0.316. The van der Waals surface area contributed by atoms with E-state index < -0.39 is 0 Å². The maximum Gasteiger partial charge on any atom is 0.131 e. The molecule has 0 atom stereocenters. The number of benzene rings is 1. The van der Waals surface area contributed by atoms with Gasteiger partial charge in [0.25, 0.3) is 0 Å². The number of nitrogens with two attached hydrogens (primary N) is 1. The maximum absolute atomic E-state index is 6.07. The van der Waals surface area contributed by atoms with Gasteiger partial charge in [0.15, 0.2) is 0 Å². The molecule has 1 aromatic carbocycles. The van der Waals surface area contributed by atoms with E-state index in [0.717, 1.165) is 26.9 Å². The molecular weight excluding hydrogens is 418 g/mol. The van der Waals surface area contributed by atoms with Gasteiger partial charge in [-0.05, 0) is 34.3 Å². The number of thiophene rings is 1. The lowest BCUT2D eigenvalue weighted by Gasteiger charge is -2.08. The molecule has 1 fully saturated rings. The van der Waals surface area contributed by atoms with Crippen LogP contribution in [0.2, 0.25) is 5.15 Å². The number of aromatic nitrogens is 1. The number of halogens is 2. The van der Waals surface area contributed by atoms with Crippen molar-refractivity contribution in [2.75, 3.05) is 5.32 Å². The van der Waals surface area contributed by atoms with E-state index in [1.165, 1.54) is 31.2 Å². The van der Waals surface area contributed by atoms with E-state index in [-0.39, 0.29) is 0 Å². The van der Waals surface area contributed by atoms with Crippen LogP contribution in [-0.4, -0.2) is 11.0 Å². The van der Waals surface area contributed by atoms with Gasteiger partial charge in [0.2, 0.25) is 0 Å². The number of pyridine rings is 1. The summed E-state index contributed by atoms with van der Waals surface area (Å²) in [4.78, 5) is 4.34. The van der Waals surface area contributed by atoms with Crippen LogP contribution in [0.25, 0.3) is 10.2 Å². The fourth-order valence-electron chi connectivity index (χ4n) is 2.83. The molecule has 0 spiro atoms. The van der Waals surface area contributed by atoms with Gasteiger partial charge >= 0.3 is 0 Å². The average molecular weight is 439 g/mol. The van der Waals surface area contributed by atoms with E-state index in [0.29, 0.717) is 11.2 Å². The molecule has 0 unspecified atom stereocenters. The monoisotopic (exact) mass is 437 g/mol. The highest BCUT2D eigenvalue weighted by molar-refractivity contribution is 9.10. The van der Waals surface area contributed by atoms with Crippen molar-refractivity contribution in [2.45, 2.75) is 38.3 Å². The smallest absolute Gasteiger partial charge is 0.131 e. The lowest BCUT2D eigenvalue weighted by Crippen LogP contribution is -2.13. The molecule has 2 aromatic heterocycles. The van der Waals surface area contributed by atoms with Crippen molar-refractivity contribution in [1.82, 2.24) is 4.98 Å². The maximum atomic E-state index is 6.07. The van der Waals surface area contributed by atoms with Crippen LogP contribution in [0.3, 0.4) is 0 Å². The Morgan fingerprint density at radius 3 is 2.60 bits per heavy atom. The van der Waals surface area contributed by atoms with Crippen molar-refractivity contribution in [3.63, 3.8) is 0 Å². The summed E-state index contributed by atoms with van der Waals surface area (Å²) >= 11 is 11.2. The van der Waals surface area contributed by atoms with Crippen molar-refractivity contribution in [1.29, 1.82) is 0 Å². The summed E-state index contributed by atoms with van der Waals surface area (Å²) in [5.41, 5.74) is 8.70. The molecule has 1 saturated carbocycles. The normalized spacial score (nSPS) is 14.4. The molecule has 2 heterocycles. The van der Waals surface area contributed by atoms with Crippen molar-refractivity contribution in [3.05, 3.63) is 57.0 Å². The van der Waals surface area contributed by atoms with Crippen LogP contribution in [0.15, 0.2) is 46.3 Å². The Bertz CT molecular complexity index is 816. The van der Waals surface area contributed by atoms with Gasteiger partial charge < -0.3 is 11.1 Å². The van der Waals surface area contributed by atoms with Crippen LogP contribution in [-0.2, 0) is 6.54 Å². The molecule has 0 aliphatic heterocycles. The number of nitrogens with one attached hydrogen (secondary N) is 1. The van der Waals surface area contributed by atoms with Gasteiger partial charge in [-0.1, -0.05) is 54.8 Å². The quantitative estimate of drug-likeness (QED) is 0.478. The van der Waals surface area contributed by atoms with Gasteiger partial charge in [-0.15, -0.1) is 11.3 Å². The van der Waals surface area contributed by atoms with Crippen LogP contribution >= 0.6 is 38.9 Å². The molecule has 25 heavy (non-hydrogen) atoms. The summed E-state index contributed by atoms with van der Waals surface area (Å²) in [6.07, 6.45) is 5.25. The van der Waals surface area contributed by atoms with Crippen LogP contribution < -0.4 is 11.1 Å². The number of hydrogen-bond acceptors (Lipinski definition) is 4. The van der Waals surface area contributed by atoms with Crippen molar-refractivity contribution in [3.8, 4) is 0 Å². The van der Waals surface area contributed by atoms with Gasteiger partial charge in [0.1, 0.15) is 5.15 Å². The summed E-state index contributed by atoms with van der Waals surface area (Å²) in [5.74, 6) is 0. The van der Waals surface area contributed by atoms with E-state index in [9.17, 15) is 0 Å². The second kappa shape index (κ2) is 8.99. The molecule has 1 aliphatic rings. The summed E-state index contributed by atoms with van der Waals surface area (Å²) in [6, 6.07) is 12.7. The predicted molar refractivity (Wildman–Crippen MR) is 113 cm³/mol.